The molecule has 0 bridgehead atoms. The summed E-state index contributed by atoms with van der Waals surface area (Å²) in [6.07, 6.45) is 1.29. The summed E-state index contributed by atoms with van der Waals surface area (Å²) >= 11 is 1.21. The summed E-state index contributed by atoms with van der Waals surface area (Å²) in [5.74, 6) is -1.56. The smallest absolute Gasteiger partial charge is 0.244 e. The molecular formula is C16H16F2N2O3S2. The number of aromatic nitrogens is 1. The highest BCUT2D eigenvalue weighted by Crippen LogP contribution is 2.25. The van der Waals surface area contributed by atoms with E-state index < -0.39 is 21.7 Å². The average molecular weight is 386 g/mol. The fourth-order valence-corrected chi connectivity index (χ4v) is 4.52. The molecule has 3 rings (SSSR count). The van der Waals surface area contributed by atoms with Gasteiger partial charge in [-0.2, -0.15) is 4.31 Å². The third-order valence-corrected chi connectivity index (χ3v) is 6.60. The molecule has 1 saturated heterocycles. The van der Waals surface area contributed by atoms with E-state index in [0.717, 1.165) is 6.07 Å². The standard InChI is InChI=1S/C16H16F2N2O3S2/c17-14-3-1-2-12(16(14)18)11-24-15-5-4-13(10-19-15)25(21,22)20-6-8-23-9-7-20/h1-5,10H,6-9,11H2. The van der Waals surface area contributed by atoms with Crippen LogP contribution in [0.25, 0.3) is 0 Å². The van der Waals surface area contributed by atoms with Crippen LogP contribution in [0.4, 0.5) is 8.78 Å². The van der Waals surface area contributed by atoms with Crippen molar-refractivity contribution in [1.29, 1.82) is 0 Å². The predicted molar refractivity (Wildman–Crippen MR) is 89.7 cm³/mol. The van der Waals surface area contributed by atoms with Crippen molar-refractivity contribution in [2.24, 2.45) is 0 Å². The van der Waals surface area contributed by atoms with Gasteiger partial charge in [-0.1, -0.05) is 12.1 Å². The Kier molecular flexibility index (Phi) is 5.67. The van der Waals surface area contributed by atoms with Crippen LogP contribution in [0.15, 0.2) is 46.5 Å². The minimum absolute atomic E-state index is 0.107. The molecule has 0 aliphatic carbocycles. The van der Waals surface area contributed by atoms with Crippen LogP contribution < -0.4 is 0 Å². The monoisotopic (exact) mass is 386 g/mol. The zero-order valence-electron chi connectivity index (χ0n) is 13.2. The quantitative estimate of drug-likeness (QED) is 0.740. The predicted octanol–water partition coefficient (Wildman–Crippen LogP) is 2.67. The Labute approximate surface area is 149 Å². The largest absolute Gasteiger partial charge is 0.379 e. The Morgan fingerprint density at radius 3 is 2.60 bits per heavy atom. The summed E-state index contributed by atoms with van der Waals surface area (Å²) in [6, 6.07) is 7.05. The lowest BCUT2D eigenvalue weighted by Gasteiger charge is -2.25. The highest BCUT2D eigenvalue weighted by atomic mass is 32.2. The van der Waals surface area contributed by atoms with Crippen LogP contribution in [0.3, 0.4) is 0 Å². The van der Waals surface area contributed by atoms with Crippen molar-refractivity contribution < 1.29 is 21.9 Å². The summed E-state index contributed by atoms with van der Waals surface area (Å²) in [5.41, 5.74) is 0.233. The van der Waals surface area contributed by atoms with Crippen LogP contribution in [0.1, 0.15) is 5.56 Å². The van der Waals surface area contributed by atoms with E-state index in [1.807, 2.05) is 0 Å². The molecule has 5 nitrogen and oxygen atoms in total. The topological polar surface area (TPSA) is 59.5 Å². The fourth-order valence-electron chi connectivity index (χ4n) is 2.35. The van der Waals surface area contributed by atoms with Crippen LogP contribution in [0, 0.1) is 11.6 Å². The van der Waals surface area contributed by atoms with Gasteiger partial charge >= 0.3 is 0 Å². The molecule has 1 aliphatic rings. The molecule has 1 aromatic heterocycles. The minimum Gasteiger partial charge on any atom is -0.379 e. The molecule has 0 amide bonds. The number of hydrogen-bond acceptors (Lipinski definition) is 5. The fraction of sp³-hybridized carbons (Fsp3) is 0.312. The second kappa shape index (κ2) is 7.77. The van der Waals surface area contributed by atoms with Gasteiger partial charge in [-0.3, -0.25) is 0 Å². The van der Waals surface area contributed by atoms with Crippen molar-refractivity contribution in [2.45, 2.75) is 15.7 Å². The van der Waals surface area contributed by atoms with E-state index >= 15 is 0 Å². The van der Waals surface area contributed by atoms with E-state index in [0.29, 0.717) is 31.3 Å². The van der Waals surface area contributed by atoms with Gasteiger partial charge in [0.25, 0.3) is 0 Å². The average Bonchev–Trinajstić information content (AvgIpc) is 2.64. The lowest BCUT2D eigenvalue weighted by atomic mass is 10.2. The van der Waals surface area contributed by atoms with Crippen LogP contribution in [-0.4, -0.2) is 44.0 Å². The van der Waals surface area contributed by atoms with Crippen molar-refractivity contribution in [3.63, 3.8) is 0 Å². The number of sulfonamides is 1. The maximum atomic E-state index is 13.6. The summed E-state index contributed by atoms with van der Waals surface area (Å²) in [5, 5.41) is 0.532. The number of pyridine rings is 1. The van der Waals surface area contributed by atoms with Gasteiger partial charge in [0.05, 0.1) is 18.2 Å². The molecule has 25 heavy (non-hydrogen) atoms. The van der Waals surface area contributed by atoms with E-state index in [1.165, 1.54) is 40.5 Å². The van der Waals surface area contributed by atoms with Crippen molar-refractivity contribution in [2.75, 3.05) is 26.3 Å². The number of rotatable bonds is 5. The molecule has 9 heteroatoms. The first kappa shape index (κ1) is 18.2. The van der Waals surface area contributed by atoms with Crippen LogP contribution in [-0.2, 0) is 20.5 Å². The molecule has 1 aliphatic heterocycles. The summed E-state index contributed by atoms with van der Waals surface area (Å²) in [6.45, 7) is 1.38. The van der Waals surface area contributed by atoms with Gasteiger partial charge in [0.1, 0.15) is 4.90 Å². The molecular weight excluding hydrogens is 370 g/mol. The lowest BCUT2D eigenvalue weighted by Crippen LogP contribution is -2.40. The molecule has 134 valence electrons. The normalized spacial score (nSPS) is 16.1. The SMILES string of the molecule is O=S(=O)(c1ccc(SCc2cccc(F)c2F)nc1)N1CCOCC1. The number of nitrogens with zero attached hydrogens (tertiary/aromatic N) is 2. The molecule has 0 atom stereocenters. The first-order valence-electron chi connectivity index (χ1n) is 7.58. The molecule has 0 saturated carbocycles. The van der Waals surface area contributed by atoms with Crippen molar-refractivity contribution in [3.8, 4) is 0 Å². The first-order chi connectivity index (χ1) is 12.0. The van der Waals surface area contributed by atoms with Gasteiger partial charge in [0.2, 0.25) is 10.0 Å². The van der Waals surface area contributed by atoms with Crippen molar-refractivity contribution in [1.82, 2.24) is 9.29 Å². The second-order valence-corrected chi connectivity index (χ2v) is 8.28. The number of ether oxygens (including phenoxy) is 1. The molecule has 0 spiro atoms. The van der Waals surface area contributed by atoms with E-state index in [-0.39, 0.29) is 16.2 Å². The summed E-state index contributed by atoms with van der Waals surface area (Å²) < 4.78 is 58.3. The molecule has 1 fully saturated rings. The first-order valence-corrected chi connectivity index (χ1v) is 10.0. The van der Waals surface area contributed by atoms with Crippen molar-refractivity contribution >= 4 is 21.8 Å². The Morgan fingerprint density at radius 2 is 1.92 bits per heavy atom. The number of morpholine rings is 1. The van der Waals surface area contributed by atoms with E-state index in [4.69, 9.17) is 4.74 Å². The van der Waals surface area contributed by atoms with E-state index in [9.17, 15) is 17.2 Å². The highest BCUT2D eigenvalue weighted by Gasteiger charge is 2.26. The zero-order valence-corrected chi connectivity index (χ0v) is 14.8. The Morgan fingerprint density at radius 1 is 1.16 bits per heavy atom. The molecule has 1 aromatic carbocycles. The minimum atomic E-state index is -3.59. The maximum absolute atomic E-state index is 13.6. The summed E-state index contributed by atoms with van der Waals surface area (Å²) in [7, 11) is -3.59. The van der Waals surface area contributed by atoms with Crippen LogP contribution in [0.5, 0.6) is 0 Å². The molecule has 2 aromatic rings. The molecule has 2 heterocycles. The van der Waals surface area contributed by atoms with Crippen LogP contribution >= 0.6 is 11.8 Å². The Bertz CT molecular complexity index is 839. The zero-order chi connectivity index (χ0) is 17.9. The Balaban J connectivity index is 1.69. The number of hydrogen-bond donors (Lipinski definition) is 0. The third-order valence-electron chi connectivity index (χ3n) is 3.72. The van der Waals surface area contributed by atoms with Gasteiger partial charge in [0, 0.05) is 30.6 Å². The Hall–Kier alpha value is -1.55. The molecule has 0 radical (unpaired) electrons. The van der Waals surface area contributed by atoms with Gasteiger partial charge in [0.15, 0.2) is 11.6 Å². The van der Waals surface area contributed by atoms with Gasteiger partial charge < -0.3 is 4.74 Å². The molecule has 0 unspecified atom stereocenters. The van der Waals surface area contributed by atoms with Crippen LogP contribution in [0.2, 0.25) is 0 Å². The van der Waals surface area contributed by atoms with Crippen molar-refractivity contribution in [3.05, 3.63) is 53.7 Å². The maximum Gasteiger partial charge on any atom is 0.244 e. The number of thioether (sulfide) groups is 1. The second-order valence-electron chi connectivity index (χ2n) is 5.35. The third kappa shape index (κ3) is 4.17. The van der Waals surface area contributed by atoms with E-state index in [2.05, 4.69) is 4.98 Å². The van der Waals surface area contributed by atoms with E-state index in [1.54, 1.807) is 6.07 Å². The van der Waals surface area contributed by atoms with Gasteiger partial charge in [-0.05, 0) is 18.2 Å². The number of halogens is 2. The number of benzene rings is 1. The highest BCUT2D eigenvalue weighted by molar-refractivity contribution is 7.98. The summed E-state index contributed by atoms with van der Waals surface area (Å²) in [4.78, 5) is 4.22. The van der Waals surface area contributed by atoms with Gasteiger partial charge in [-0.15, -0.1) is 11.8 Å². The molecule has 0 N–H and O–H groups in total. The van der Waals surface area contributed by atoms with Gasteiger partial charge in [-0.25, -0.2) is 22.2 Å². The lowest BCUT2D eigenvalue weighted by molar-refractivity contribution is 0.0730.